The monoisotopic (exact) mass is 250 g/mol. The Kier molecular flexibility index (Phi) is 6.76. The van der Waals surface area contributed by atoms with Crippen LogP contribution in [0.1, 0.15) is 38.5 Å². The van der Waals surface area contributed by atoms with Gasteiger partial charge in [-0.1, -0.05) is 26.8 Å². The van der Waals surface area contributed by atoms with Crippen molar-refractivity contribution in [1.29, 1.82) is 0 Å². The van der Waals surface area contributed by atoms with E-state index in [0.717, 1.165) is 38.4 Å². The van der Waals surface area contributed by atoms with Crippen molar-refractivity contribution in [1.82, 2.24) is 10.2 Å². The van der Waals surface area contributed by atoms with Crippen molar-refractivity contribution in [2.24, 2.45) is 0 Å². The van der Waals surface area contributed by atoms with Crippen LogP contribution in [0.25, 0.3) is 0 Å². The van der Waals surface area contributed by atoms with Gasteiger partial charge < -0.3 is 9.73 Å². The highest BCUT2D eigenvalue weighted by molar-refractivity contribution is 5.12. The number of nitrogens with zero attached hydrogens (tertiary/aromatic N) is 1. The number of nitrogens with one attached hydrogen (secondary N) is 1. The number of hydrogen-bond acceptors (Lipinski definition) is 3. The summed E-state index contributed by atoms with van der Waals surface area (Å²) >= 11 is 0. The topological polar surface area (TPSA) is 28.4 Å². The van der Waals surface area contributed by atoms with Gasteiger partial charge in [-0.3, -0.25) is 4.90 Å². The third-order valence-electron chi connectivity index (χ3n) is 2.73. The summed E-state index contributed by atoms with van der Waals surface area (Å²) in [5.74, 6) is 1.03. The van der Waals surface area contributed by atoms with Gasteiger partial charge in [0.25, 0.3) is 0 Å². The number of hydrogen-bond donors (Lipinski definition) is 1. The van der Waals surface area contributed by atoms with Gasteiger partial charge in [0, 0.05) is 24.7 Å². The predicted octanol–water partition coefficient (Wildman–Crippen LogP) is 3.18. The van der Waals surface area contributed by atoms with Crippen LogP contribution in [0.15, 0.2) is 29.4 Å². The van der Waals surface area contributed by atoms with Gasteiger partial charge >= 0.3 is 0 Å². The Morgan fingerprint density at radius 3 is 2.89 bits per heavy atom. The Balaban J connectivity index is 2.48. The maximum absolute atomic E-state index is 5.60. The molecular weight excluding hydrogens is 224 g/mol. The zero-order valence-corrected chi connectivity index (χ0v) is 11.9. The molecule has 1 aromatic heterocycles. The molecule has 0 atom stereocenters. The third kappa shape index (κ3) is 5.52. The van der Waals surface area contributed by atoms with Gasteiger partial charge in [0.1, 0.15) is 5.76 Å². The SMILES string of the molecule is C=CCN(CCC)Cc1cc(CNC(C)C)co1. The van der Waals surface area contributed by atoms with Crippen molar-refractivity contribution in [2.75, 3.05) is 13.1 Å². The molecule has 0 aliphatic heterocycles. The highest BCUT2D eigenvalue weighted by atomic mass is 16.3. The lowest BCUT2D eigenvalue weighted by atomic mass is 10.2. The molecule has 0 bridgehead atoms. The van der Waals surface area contributed by atoms with E-state index in [1.54, 1.807) is 0 Å². The first kappa shape index (κ1) is 15.0. The average Bonchev–Trinajstić information content (AvgIpc) is 2.75. The maximum Gasteiger partial charge on any atom is 0.118 e. The first-order valence-electron chi connectivity index (χ1n) is 6.78. The first-order valence-corrected chi connectivity index (χ1v) is 6.78. The van der Waals surface area contributed by atoms with Gasteiger partial charge in [0.15, 0.2) is 0 Å². The van der Waals surface area contributed by atoms with Crippen LogP contribution >= 0.6 is 0 Å². The molecule has 0 amide bonds. The van der Waals surface area contributed by atoms with Crippen molar-refractivity contribution >= 4 is 0 Å². The summed E-state index contributed by atoms with van der Waals surface area (Å²) in [6, 6.07) is 2.64. The second kappa shape index (κ2) is 8.11. The van der Waals surface area contributed by atoms with Crippen LogP contribution in [0.2, 0.25) is 0 Å². The van der Waals surface area contributed by atoms with E-state index in [9.17, 15) is 0 Å². The van der Waals surface area contributed by atoms with E-state index in [-0.39, 0.29) is 0 Å². The van der Waals surface area contributed by atoms with Gasteiger partial charge in [-0.25, -0.2) is 0 Å². The van der Waals surface area contributed by atoms with Crippen LogP contribution in [-0.4, -0.2) is 24.0 Å². The van der Waals surface area contributed by atoms with E-state index in [1.807, 2.05) is 12.3 Å². The molecule has 0 aliphatic carbocycles. The molecule has 1 aromatic rings. The van der Waals surface area contributed by atoms with Gasteiger partial charge in [-0.15, -0.1) is 6.58 Å². The van der Waals surface area contributed by atoms with Crippen LogP contribution in [0.4, 0.5) is 0 Å². The standard InChI is InChI=1S/C15H26N2O/c1-5-7-17(8-6-2)11-15-9-14(12-18-15)10-16-13(3)4/h5,9,12-13,16H,1,6-8,10-11H2,2-4H3. The molecule has 0 fully saturated rings. The molecule has 0 radical (unpaired) electrons. The smallest absolute Gasteiger partial charge is 0.118 e. The Hall–Kier alpha value is -1.06. The lowest BCUT2D eigenvalue weighted by Crippen LogP contribution is -2.24. The molecule has 0 spiro atoms. The molecule has 1 rings (SSSR count). The second-order valence-electron chi connectivity index (χ2n) is 4.98. The predicted molar refractivity (Wildman–Crippen MR) is 76.4 cm³/mol. The molecule has 0 aliphatic rings. The fourth-order valence-corrected chi connectivity index (χ4v) is 1.88. The molecule has 0 unspecified atom stereocenters. The molecule has 102 valence electrons. The van der Waals surface area contributed by atoms with Gasteiger partial charge in [-0.05, 0) is 19.0 Å². The lowest BCUT2D eigenvalue weighted by Gasteiger charge is -2.17. The second-order valence-corrected chi connectivity index (χ2v) is 4.98. The van der Waals surface area contributed by atoms with Crippen molar-refractivity contribution in [3.05, 3.63) is 36.3 Å². The summed E-state index contributed by atoms with van der Waals surface area (Å²) in [5, 5.41) is 3.39. The van der Waals surface area contributed by atoms with Crippen LogP contribution in [0, 0.1) is 0 Å². The largest absolute Gasteiger partial charge is 0.468 e. The van der Waals surface area contributed by atoms with Crippen molar-refractivity contribution < 1.29 is 4.42 Å². The maximum atomic E-state index is 5.60. The van der Waals surface area contributed by atoms with E-state index in [1.165, 1.54) is 5.56 Å². The Labute approximate surface area is 111 Å². The first-order chi connectivity index (χ1) is 8.65. The van der Waals surface area contributed by atoms with Gasteiger partial charge in [-0.2, -0.15) is 0 Å². The van der Waals surface area contributed by atoms with E-state index >= 15 is 0 Å². The zero-order valence-electron chi connectivity index (χ0n) is 11.9. The van der Waals surface area contributed by atoms with Crippen molar-refractivity contribution in [3.63, 3.8) is 0 Å². The Morgan fingerprint density at radius 2 is 2.28 bits per heavy atom. The fraction of sp³-hybridized carbons (Fsp3) is 0.600. The summed E-state index contributed by atoms with van der Waals surface area (Å²) in [7, 11) is 0. The summed E-state index contributed by atoms with van der Waals surface area (Å²) in [6.45, 7) is 14.0. The fourth-order valence-electron chi connectivity index (χ4n) is 1.88. The van der Waals surface area contributed by atoms with Crippen LogP contribution in [0.3, 0.4) is 0 Å². The minimum absolute atomic E-state index is 0.501. The summed E-state index contributed by atoms with van der Waals surface area (Å²) in [4.78, 5) is 2.34. The van der Waals surface area contributed by atoms with Gasteiger partial charge in [0.2, 0.25) is 0 Å². The quantitative estimate of drug-likeness (QED) is 0.682. The summed E-state index contributed by atoms with van der Waals surface area (Å²) in [6.07, 6.45) is 4.94. The molecule has 0 aromatic carbocycles. The molecule has 0 saturated carbocycles. The van der Waals surface area contributed by atoms with Crippen molar-refractivity contribution in [3.8, 4) is 0 Å². The average molecular weight is 250 g/mol. The van der Waals surface area contributed by atoms with E-state index in [2.05, 4.69) is 43.6 Å². The van der Waals surface area contributed by atoms with Gasteiger partial charge in [0.05, 0.1) is 12.8 Å². The molecular formula is C15H26N2O. The van der Waals surface area contributed by atoms with E-state index in [4.69, 9.17) is 4.42 Å². The lowest BCUT2D eigenvalue weighted by molar-refractivity contribution is 0.269. The number of rotatable bonds is 9. The summed E-state index contributed by atoms with van der Waals surface area (Å²) < 4.78 is 5.60. The third-order valence-corrected chi connectivity index (χ3v) is 2.73. The van der Waals surface area contributed by atoms with Crippen LogP contribution in [0.5, 0.6) is 0 Å². The minimum Gasteiger partial charge on any atom is -0.468 e. The summed E-state index contributed by atoms with van der Waals surface area (Å²) in [5.41, 5.74) is 1.22. The molecule has 3 heteroatoms. The molecule has 0 saturated heterocycles. The number of furan rings is 1. The molecule has 1 N–H and O–H groups in total. The highest BCUT2D eigenvalue weighted by Crippen LogP contribution is 2.11. The minimum atomic E-state index is 0.501. The normalized spacial score (nSPS) is 11.4. The van der Waals surface area contributed by atoms with Crippen LogP contribution in [-0.2, 0) is 13.1 Å². The Morgan fingerprint density at radius 1 is 1.50 bits per heavy atom. The molecule has 3 nitrogen and oxygen atoms in total. The van der Waals surface area contributed by atoms with E-state index < -0.39 is 0 Å². The molecule has 18 heavy (non-hydrogen) atoms. The molecule has 1 heterocycles. The Bertz CT molecular complexity index is 344. The van der Waals surface area contributed by atoms with Crippen molar-refractivity contribution in [2.45, 2.75) is 46.3 Å². The zero-order chi connectivity index (χ0) is 13.4. The van der Waals surface area contributed by atoms with E-state index in [0.29, 0.717) is 6.04 Å². The highest BCUT2D eigenvalue weighted by Gasteiger charge is 2.07. The van der Waals surface area contributed by atoms with Crippen LogP contribution < -0.4 is 5.32 Å².